The van der Waals surface area contributed by atoms with Gasteiger partial charge in [-0.05, 0) is 18.9 Å². The Morgan fingerprint density at radius 2 is 2.00 bits per heavy atom. The second kappa shape index (κ2) is 4.96. The molecule has 0 aromatic carbocycles. The summed E-state index contributed by atoms with van der Waals surface area (Å²) >= 11 is 0. The number of rotatable bonds is 3. The van der Waals surface area contributed by atoms with Crippen LogP contribution >= 0.6 is 0 Å². The Balaban J connectivity index is 2.31. The quantitative estimate of drug-likeness (QED) is 0.779. The second-order valence-electron chi connectivity index (χ2n) is 4.86. The number of hydrogen-bond acceptors (Lipinski definition) is 4. The maximum atomic E-state index is 12.4. The second-order valence-corrected chi connectivity index (χ2v) is 6.80. The fourth-order valence-electron chi connectivity index (χ4n) is 2.58. The zero-order valence-electron chi connectivity index (χ0n) is 11.0. The summed E-state index contributed by atoms with van der Waals surface area (Å²) in [4.78, 5) is 25.8. The Morgan fingerprint density at radius 3 is 2.47 bits per heavy atom. The van der Waals surface area contributed by atoms with Crippen molar-refractivity contribution in [3.63, 3.8) is 0 Å². The maximum Gasteiger partial charge on any atom is 0.246 e. The largest absolute Gasteiger partial charge is 0.343 e. The first-order valence-electron chi connectivity index (χ1n) is 6.43. The van der Waals surface area contributed by atoms with Crippen LogP contribution < -0.4 is 5.32 Å². The number of sulfone groups is 1. The molecule has 2 heterocycles. The summed E-state index contributed by atoms with van der Waals surface area (Å²) < 4.78 is 23.0. The van der Waals surface area contributed by atoms with Gasteiger partial charge in [0.1, 0.15) is 12.1 Å². The molecule has 0 aliphatic carbocycles. The van der Waals surface area contributed by atoms with Crippen molar-refractivity contribution in [2.24, 2.45) is 0 Å². The third-order valence-corrected chi connectivity index (χ3v) is 4.95. The van der Waals surface area contributed by atoms with Crippen molar-refractivity contribution < 1.29 is 18.0 Å². The van der Waals surface area contributed by atoms with Crippen LogP contribution in [0.15, 0.2) is 11.5 Å². The van der Waals surface area contributed by atoms with E-state index in [1.165, 1.54) is 11.0 Å². The smallest absolute Gasteiger partial charge is 0.246 e. The molecule has 1 fully saturated rings. The maximum absolute atomic E-state index is 12.4. The van der Waals surface area contributed by atoms with Crippen LogP contribution in [0, 0.1) is 0 Å². The summed E-state index contributed by atoms with van der Waals surface area (Å²) in [6.07, 6.45) is 2.47. The minimum Gasteiger partial charge on any atom is -0.343 e. The topological polar surface area (TPSA) is 83.6 Å². The van der Waals surface area contributed by atoms with Gasteiger partial charge >= 0.3 is 0 Å². The van der Waals surface area contributed by atoms with E-state index in [0.29, 0.717) is 12.8 Å². The number of carbonyl (C=O) groups excluding carboxylic acids is 2. The zero-order valence-corrected chi connectivity index (χ0v) is 11.8. The molecule has 0 spiro atoms. The third kappa shape index (κ3) is 2.51. The molecular weight excluding hydrogens is 268 g/mol. The summed E-state index contributed by atoms with van der Waals surface area (Å²) in [5.74, 6) is -0.522. The predicted molar refractivity (Wildman–Crippen MR) is 69.9 cm³/mol. The van der Waals surface area contributed by atoms with Crippen molar-refractivity contribution in [3.05, 3.63) is 11.5 Å². The number of nitrogens with one attached hydrogen (secondary N) is 1. The minimum absolute atomic E-state index is 0.126. The standard InChI is InChI=1S/C12H18N2O4S/c1-3-9-12(16)14(10(4-2)11(15)13-9)8-5-6-19(17,18)7-8/h5-6,8-10H,3-4,7H2,1-2H3,(H,13,15). The van der Waals surface area contributed by atoms with Crippen LogP contribution in [-0.4, -0.2) is 49.0 Å². The van der Waals surface area contributed by atoms with E-state index < -0.39 is 28.0 Å². The van der Waals surface area contributed by atoms with Crippen LogP contribution in [0.5, 0.6) is 0 Å². The molecule has 0 aromatic rings. The summed E-state index contributed by atoms with van der Waals surface area (Å²) in [7, 11) is -3.25. The number of hydrogen-bond donors (Lipinski definition) is 1. The predicted octanol–water partition coefficient (Wildman–Crippen LogP) is -0.187. The SMILES string of the molecule is CCC1NC(=O)C(CC)N(C2C=CS(=O)(=O)C2)C1=O. The van der Waals surface area contributed by atoms with Crippen LogP contribution in [0.25, 0.3) is 0 Å². The van der Waals surface area contributed by atoms with Gasteiger partial charge in [-0.3, -0.25) is 9.59 Å². The normalized spacial score (nSPS) is 33.6. The lowest BCUT2D eigenvalue weighted by atomic mass is 10.0. The highest BCUT2D eigenvalue weighted by Crippen LogP contribution is 2.23. The molecule has 19 heavy (non-hydrogen) atoms. The van der Waals surface area contributed by atoms with E-state index in [2.05, 4.69) is 5.32 Å². The molecule has 106 valence electrons. The molecule has 0 saturated carbocycles. The van der Waals surface area contributed by atoms with Gasteiger partial charge in [0.05, 0.1) is 11.8 Å². The van der Waals surface area contributed by atoms with E-state index in [1.807, 2.05) is 13.8 Å². The first-order chi connectivity index (χ1) is 8.89. The molecule has 0 radical (unpaired) electrons. The van der Waals surface area contributed by atoms with E-state index in [1.54, 1.807) is 0 Å². The summed E-state index contributed by atoms with van der Waals surface area (Å²) in [5.41, 5.74) is 0. The summed E-state index contributed by atoms with van der Waals surface area (Å²) in [5, 5.41) is 3.82. The van der Waals surface area contributed by atoms with Gasteiger partial charge in [-0.25, -0.2) is 8.42 Å². The van der Waals surface area contributed by atoms with Gasteiger partial charge in [-0.1, -0.05) is 13.8 Å². The summed E-state index contributed by atoms with van der Waals surface area (Å²) in [6, 6.07) is -1.66. The Kier molecular flexibility index (Phi) is 3.66. The lowest BCUT2D eigenvalue weighted by Gasteiger charge is -2.41. The summed E-state index contributed by atoms with van der Waals surface area (Å²) in [6.45, 7) is 3.62. The Labute approximate surface area is 112 Å². The van der Waals surface area contributed by atoms with Crippen LogP contribution in [0.4, 0.5) is 0 Å². The van der Waals surface area contributed by atoms with E-state index in [-0.39, 0.29) is 17.6 Å². The van der Waals surface area contributed by atoms with Gasteiger partial charge in [0, 0.05) is 5.41 Å². The highest BCUT2D eigenvalue weighted by atomic mass is 32.2. The fraction of sp³-hybridized carbons (Fsp3) is 0.667. The highest BCUT2D eigenvalue weighted by Gasteiger charge is 2.43. The van der Waals surface area contributed by atoms with Crippen LogP contribution in [-0.2, 0) is 19.4 Å². The number of nitrogens with zero attached hydrogens (tertiary/aromatic N) is 1. The molecule has 3 atom stereocenters. The van der Waals surface area contributed by atoms with Crippen molar-refractivity contribution in [1.29, 1.82) is 0 Å². The minimum atomic E-state index is -3.25. The van der Waals surface area contributed by atoms with E-state index in [9.17, 15) is 18.0 Å². The molecule has 0 aromatic heterocycles. The zero-order chi connectivity index (χ0) is 14.2. The van der Waals surface area contributed by atoms with Gasteiger partial charge in [0.25, 0.3) is 0 Å². The van der Waals surface area contributed by atoms with Gasteiger partial charge in [0.2, 0.25) is 11.8 Å². The molecule has 2 amide bonds. The van der Waals surface area contributed by atoms with Crippen molar-refractivity contribution >= 4 is 21.7 Å². The van der Waals surface area contributed by atoms with Gasteiger partial charge < -0.3 is 10.2 Å². The average Bonchev–Trinajstić information content (AvgIpc) is 2.71. The molecule has 2 aliphatic heterocycles. The van der Waals surface area contributed by atoms with Crippen molar-refractivity contribution in [3.8, 4) is 0 Å². The van der Waals surface area contributed by atoms with E-state index in [4.69, 9.17) is 0 Å². The average molecular weight is 286 g/mol. The highest BCUT2D eigenvalue weighted by molar-refractivity contribution is 7.94. The van der Waals surface area contributed by atoms with Gasteiger partial charge in [-0.15, -0.1) is 0 Å². The molecule has 3 unspecified atom stereocenters. The first-order valence-corrected chi connectivity index (χ1v) is 8.14. The lowest BCUT2D eigenvalue weighted by molar-refractivity contribution is -0.150. The van der Waals surface area contributed by atoms with Gasteiger partial charge in [-0.2, -0.15) is 0 Å². The van der Waals surface area contributed by atoms with Crippen LogP contribution in [0.2, 0.25) is 0 Å². The number of amides is 2. The third-order valence-electron chi connectivity index (χ3n) is 3.57. The number of piperazine rings is 1. The molecule has 0 bridgehead atoms. The Bertz CT molecular complexity index is 526. The molecule has 7 heteroatoms. The Morgan fingerprint density at radius 1 is 1.32 bits per heavy atom. The van der Waals surface area contributed by atoms with Crippen molar-refractivity contribution in [1.82, 2.24) is 10.2 Å². The molecule has 1 saturated heterocycles. The van der Waals surface area contributed by atoms with Crippen molar-refractivity contribution in [2.45, 2.75) is 44.8 Å². The molecule has 1 N–H and O–H groups in total. The first kappa shape index (κ1) is 14.0. The van der Waals surface area contributed by atoms with Crippen molar-refractivity contribution in [2.75, 3.05) is 5.75 Å². The van der Waals surface area contributed by atoms with E-state index in [0.717, 1.165) is 5.41 Å². The van der Waals surface area contributed by atoms with Gasteiger partial charge in [0.15, 0.2) is 9.84 Å². The molecule has 2 rings (SSSR count). The molecular formula is C12H18N2O4S. The molecule has 2 aliphatic rings. The fourth-order valence-corrected chi connectivity index (χ4v) is 3.86. The Hall–Kier alpha value is -1.37. The number of carbonyl (C=O) groups is 2. The van der Waals surface area contributed by atoms with E-state index >= 15 is 0 Å². The molecule has 6 nitrogen and oxygen atoms in total. The monoisotopic (exact) mass is 286 g/mol. The van der Waals surface area contributed by atoms with Crippen LogP contribution in [0.1, 0.15) is 26.7 Å². The van der Waals surface area contributed by atoms with Crippen LogP contribution in [0.3, 0.4) is 0 Å². The lowest BCUT2D eigenvalue weighted by Crippen LogP contribution is -2.65.